The second-order valence-corrected chi connectivity index (χ2v) is 6.07. The fraction of sp³-hybridized carbons (Fsp3) is 0.643. The van der Waals surface area contributed by atoms with Crippen molar-refractivity contribution in [1.29, 1.82) is 0 Å². The Labute approximate surface area is 118 Å². The quantitative estimate of drug-likeness (QED) is 0.878. The maximum absolute atomic E-state index is 11.5. The van der Waals surface area contributed by atoms with Crippen LogP contribution in [0.5, 0.6) is 0 Å². The lowest BCUT2D eigenvalue weighted by Gasteiger charge is -2.19. The van der Waals surface area contributed by atoms with Crippen LogP contribution >= 0.6 is 0 Å². The van der Waals surface area contributed by atoms with Crippen LogP contribution in [0.1, 0.15) is 51.0 Å². The molecule has 1 aliphatic rings. The molecular weight excluding hydrogens is 258 g/mol. The molecule has 2 N–H and O–H groups in total. The molecule has 1 amide bonds. The molecule has 2 rings (SSSR count). The van der Waals surface area contributed by atoms with E-state index in [0.29, 0.717) is 24.6 Å². The average Bonchev–Trinajstić information content (AvgIpc) is 3.09. The van der Waals surface area contributed by atoms with Crippen molar-refractivity contribution in [1.82, 2.24) is 15.3 Å². The molecule has 1 aliphatic carbocycles. The number of carbonyl (C=O) groups excluding carboxylic acids is 1. The van der Waals surface area contributed by atoms with Crippen molar-refractivity contribution in [3.05, 3.63) is 27.9 Å². The Kier molecular flexibility index (Phi) is 4.11. The highest BCUT2D eigenvalue weighted by molar-refractivity contribution is 5.67. The van der Waals surface area contributed by atoms with Crippen LogP contribution in [-0.4, -0.2) is 28.2 Å². The van der Waals surface area contributed by atoms with Gasteiger partial charge in [0.05, 0.1) is 0 Å². The highest BCUT2D eigenvalue weighted by Gasteiger charge is 2.26. The van der Waals surface area contributed by atoms with E-state index in [-0.39, 0.29) is 5.56 Å². The van der Waals surface area contributed by atoms with Gasteiger partial charge in [0.2, 0.25) is 0 Å². The van der Waals surface area contributed by atoms with Crippen LogP contribution in [0.4, 0.5) is 4.79 Å². The molecule has 20 heavy (non-hydrogen) atoms. The molecule has 1 fully saturated rings. The van der Waals surface area contributed by atoms with Gasteiger partial charge in [0, 0.05) is 30.6 Å². The van der Waals surface area contributed by atoms with Gasteiger partial charge in [0.1, 0.15) is 11.4 Å². The maximum atomic E-state index is 11.5. The molecule has 1 heterocycles. The molecular formula is C14H21N3O3. The van der Waals surface area contributed by atoms with Crippen molar-refractivity contribution in [3.63, 3.8) is 0 Å². The van der Waals surface area contributed by atoms with Crippen LogP contribution in [0.3, 0.4) is 0 Å². The monoisotopic (exact) mass is 279 g/mol. The van der Waals surface area contributed by atoms with Crippen molar-refractivity contribution in [3.8, 4) is 0 Å². The Morgan fingerprint density at radius 3 is 2.80 bits per heavy atom. The van der Waals surface area contributed by atoms with E-state index in [0.717, 1.165) is 18.7 Å². The molecule has 1 saturated carbocycles. The Balaban J connectivity index is 1.85. The summed E-state index contributed by atoms with van der Waals surface area (Å²) in [6.45, 7) is 5.84. The van der Waals surface area contributed by atoms with E-state index in [2.05, 4.69) is 15.3 Å². The van der Waals surface area contributed by atoms with Crippen molar-refractivity contribution >= 4 is 6.09 Å². The largest absolute Gasteiger partial charge is 0.444 e. The van der Waals surface area contributed by atoms with Crippen LogP contribution in [0.2, 0.25) is 0 Å². The van der Waals surface area contributed by atoms with E-state index in [1.807, 2.05) is 20.8 Å². The van der Waals surface area contributed by atoms with Gasteiger partial charge < -0.3 is 15.0 Å². The number of nitrogens with one attached hydrogen (secondary N) is 2. The zero-order valence-corrected chi connectivity index (χ0v) is 12.2. The van der Waals surface area contributed by atoms with Crippen LogP contribution in [0, 0.1) is 0 Å². The molecule has 0 aliphatic heterocycles. The van der Waals surface area contributed by atoms with Gasteiger partial charge in [0.15, 0.2) is 0 Å². The maximum Gasteiger partial charge on any atom is 0.407 e. The Morgan fingerprint density at radius 2 is 2.20 bits per heavy atom. The van der Waals surface area contributed by atoms with Crippen molar-refractivity contribution < 1.29 is 9.53 Å². The second-order valence-electron chi connectivity index (χ2n) is 6.07. The number of aromatic nitrogens is 2. The number of hydrogen-bond donors (Lipinski definition) is 2. The number of ether oxygens (including phenoxy) is 1. The van der Waals surface area contributed by atoms with Crippen LogP contribution in [-0.2, 0) is 11.2 Å². The molecule has 1 aromatic heterocycles. The van der Waals surface area contributed by atoms with Gasteiger partial charge in [-0.15, -0.1) is 0 Å². The number of rotatable bonds is 4. The summed E-state index contributed by atoms with van der Waals surface area (Å²) in [4.78, 5) is 30.2. The van der Waals surface area contributed by atoms with E-state index in [1.54, 1.807) is 0 Å². The summed E-state index contributed by atoms with van der Waals surface area (Å²) in [6, 6.07) is 1.47. The van der Waals surface area contributed by atoms with Crippen LogP contribution in [0.15, 0.2) is 10.9 Å². The van der Waals surface area contributed by atoms with E-state index in [4.69, 9.17) is 4.74 Å². The van der Waals surface area contributed by atoms with Crippen LogP contribution < -0.4 is 10.9 Å². The number of H-pyrrole nitrogens is 1. The molecule has 0 radical (unpaired) electrons. The summed E-state index contributed by atoms with van der Waals surface area (Å²) in [5, 5.41) is 2.66. The zero-order valence-electron chi connectivity index (χ0n) is 12.2. The molecule has 1 aromatic rings. The molecule has 0 saturated heterocycles. The molecule has 110 valence electrons. The second kappa shape index (κ2) is 5.64. The lowest BCUT2D eigenvalue weighted by Crippen LogP contribution is -2.33. The van der Waals surface area contributed by atoms with E-state index >= 15 is 0 Å². The lowest BCUT2D eigenvalue weighted by atomic mass is 10.2. The van der Waals surface area contributed by atoms with Crippen LogP contribution in [0.25, 0.3) is 0 Å². The number of alkyl carbamates (subject to hydrolysis) is 1. The minimum atomic E-state index is -0.509. The van der Waals surface area contributed by atoms with Gasteiger partial charge in [-0.1, -0.05) is 0 Å². The van der Waals surface area contributed by atoms with Crippen molar-refractivity contribution in [2.45, 2.75) is 51.6 Å². The minimum absolute atomic E-state index is 0.130. The van der Waals surface area contributed by atoms with Gasteiger partial charge in [-0.2, -0.15) is 0 Å². The number of nitrogens with zero attached hydrogens (tertiary/aromatic N) is 1. The van der Waals surface area contributed by atoms with Crippen molar-refractivity contribution in [2.24, 2.45) is 0 Å². The summed E-state index contributed by atoms with van der Waals surface area (Å²) >= 11 is 0. The van der Waals surface area contributed by atoms with Crippen molar-refractivity contribution in [2.75, 3.05) is 6.54 Å². The lowest BCUT2D eigenvalue weighted by molar-refractivity contribution is 0.0528. The average molecular weight is 279 g/mol. The summed E-state index contributed by atoms with van der Waals surface area (Å²) in [7, 11) is 0. The third-order valence-corrected chi connectivity index (χ3v) is 2.83. The first-order valence-corrected chi connectivity index (χ1v) is 6.90. The minimum Gasteiger partial charge on any atom is -0.444 e. The third kappa shape index (κ3) is 4.68. The number of aromatic amines is 1. The van der Waals surface area contributed by atoms with Gasteiger partial charge in [0.25, 0.3) is 5.56 Å². The predicted octanol–water partition coefficient (Wildman–Crippen LogP) is 1.71. The molecule has 0 aromatic carbocycles. The number of hydrogen-bond acceptors (Lipinski definition) is 4. The predicted molar refractivity (Wildman–Crippen MR) is 74.8 cm³/mol. The summed E-state index contributed by atoms with van der Waals surface area (Å²) in [5.74, 6) is 1.17. The van der Waals surface area contributed by atoms with Gasteiger partial charge >= 0.3 is 6.09 Å². The summed E-state index contributed by atoms with van der Waals surface area (Å²) < 4.78 is 5.13. The third-order valence-electron chi connectivity index (χ3n) is 2.83. The topological polar surface area (TPSA) is 84.1 Å². The Morgan fingerprint density at radius 1 is 1.50 bits per heavy atom. The smallest absolute Gasteiger partial charge is 0.407 e. The standard InChI is InChI=1S/C14H21N3O3/c1-14(2,3)20-13(19)15-7-6-10-8-11(18)17-12(16-10)9-4-5-9/h8-9H,4-7H2,1-3H3,(H,15,19)(H,16,17,18). The normalized spacial score (nSPS) is 14.9. The Hall–Kier alpha value is -1.85. The SMILES string of the molecule is CC(C)(C)OC(=O)NCCc1cc(=O)[nH]c(C2CC2)n1. The van der Waals surface area contributed by atoms with E-state index in [1.165, 1.54) is 6.07 Å². The fourth-order valence-electron chi connectivity index (χ4n) is 1.81. The zero-order chi connectivity index (χ0) is 14.8. The van der Waals surface area contributed by atoms with Gasteiger partial charge in [-0.3, -0.25) is 4.79 Å². The first kappa shape index (κ1) is 14.6. The summed E-state index contributed by atoms with van der Waals surface area (Å²) in [5.41, 5.74) is 0.0617. The molecule has 0 atom stereocenters. The van der Waals surface area contributed by atoms with E-state index < -0.39 is 11.7 Å². The van der Waals surface area contributed by atoms with Gasteiger partial charge in [-0.25, -0.2) is 9.78 Å². The Bertz CT molecular complexity index is 541. The van der Waals surface area contributed by atoms with Gasteiger partial charge in [-0.05, 0) is 33.6 Å². The molecule has 0 unspecified atom stereocenters. The number of carbonyl (C=O) groups is 1. The highest BCUT2D eigenvalue weighted by atomic mass is 16.6. The first-order valence-electron chi connectivity index (χ1n) is 6.90. The molecule has 6 heteroatoms. The fourth-order valence-corrected chi connectivity index (χ4v) is 1.81. The molecule has 0 bridgehead atoms. The summed E-state index contributed by atoms with van der Waals surface area (Å²) in [6.07, 6.45) is 2.23. The molecule has 6 nitrogen and oxygen atoms in total. The highest BCUT2D eigenvalue weighted by Crippen LogP contribution is 2.37. The van der Waals surface area contributed by atoms with E-state index in [9.17, 15) is 9.59 Å². The molecule has 0 spiro atoms. The number of amides is 1. The first-order chi connectivity index (χ1) is 9.33.